The molecule has 0 saturated heterocycles. The van der Waals surface area contributed by atoms with Gasteiger partial charge in [-0.25, -0.2) is 18.9 Å². The van der Waals surface area contributed by atoms with Gasteiger partial charge in [0.15, 0.2) is 11.5 Å². The van der Waals surface area contributed by atoms with E-state index in [1.54, 1.807) is 47.8 Å². The third kappa shape index (κ3) is 5.68. The molecule has 1 aliphatic rings. The summed E-state index contributed by atoms with van der Waals surface area (Å²) in [5, 5.41) is 9.44. The van der Waals surface area contributed by atoms with E-state index in [2.05, 4.69) is 4.98 Å². The van der Waals surface area contributed by atoms with E-state index in [-0.39, 0.29) is 37.1 Å². The fraction of sp³-hybridized carbons (Fsp3) is 0.273. The quantitative estimate of drug-likeness (QED) is 0.320. The van der Waals surface area contributed by atoms with Crippen LogP contribution < -0.4 is 19.7 Å². The van der Waals surface area contributed by atoms with Crippen molar-refractivity contribution in [2.75, 3.05) is 13.9 Å². The zero-order valence-corrected chi connectivity index (χ0v) is 20.6. The molecule has 2 heterocycles. The summed E-state index contributed by atoms with van der Waals surface area (Å²) >= 11 is 0. The van der Waals surface area contributed by atoms with Gasteiger partial charge in [0.1, 0.15) is 11.8 Å². The maximum Gasteiger partial charge on any atom is 0.262 e. The van der Waals surface area contributed by atoms with Gasteiger partial charge in [-0.1, -0.05) is 6.07 Å². The Morgan fingerprint density at radius 1 is 1.23 bits per heavy atom. The van der Waals surface area contributed by atoms with Crippen molar-refractivity contribution in [2.24, 2.45) is 7.05 Å². The highest BCUT2D eigenvalue weighted by Gasteiger charge is 2.37. The number of rotatable bonds is 9. The van der Waals surface area contributed by atoms with Crippen molar-refractivity contribution in [3.8, 4) is 17.2 Å². The number of carbonyl (C=O) groups is 1. The number of fused-ring (bicyclic) bond motifs is 1. The second kappa shape index (κ2) is 11.0. The first-order valence-electron chi connectivity index (χ1n) is 10.3. The Morgan fingerprint density at radius 3 is 2.57 bits per heavy atom. The van der Waals surface area contributed by atoms with Crippen molar-refractivity contribution in [1.82, 2.24) is 19.3 Å². The van der Waals surface area contributed by atoms with Gasteiger partial charge in [-0.3, -0.25) is 10.0 Å². The minimum absolute atomic E-state index is 0. The molecule has 1 aromatic heterocycles. The Balaban J connectivity index is 0.00000342. The summed E-state index contributed by atoms with van der Waals surface area (Å²) in [6.45, 7) is -0.0994. The molecular formula is C22H25ClN4O7S. The van der Waals surface area contributed by atoms with Crippen LogP contribution in [0.4, 0.5) is 0 Å². The Bertz CT molecular complexity index is 1280. The maximum atomic E-state index is 13.8. The number of aromatic nitrogens is 2. The first-order valence-corrected chi connectivity index (χ1v) is 11.7. The Labute approximate surface area is 208 Å². The molecule has 35 heavy (non-hydrogen) atoms. The van der Waals surface area contributed by atoms with Gasteiger partial charge >= 0.3 is 0 Å². The number of nitrogens with one attached hydrogen (secondary N) is 1. The predicted octanol–water partition coefficient (Wildman–Crippen LogP) is 1.89. The maximum absolute atomic E-state index is 13.8. The first-order chi connectivity index (χ1) is 16.3. The standard InChI is InChI=1S/C22H24N4O7S.ClH/c1-25-12-16(23-13-25)10-19(22(27)24-28)26(11-15-3-8-20-21(9-15)33-14-32-20)34(29,30)18-6-4-17(31-2)5-7-18;/h3-9,12-13,19,28H,10-11,14H2,1-2H3,(H,24,27);1H. The van der Waals surface area contributed by atoms with Gasteiger partial charge in [0, 0.05) is 26.2 Å². The summed E-state index contributed by atoms with van der Waals surface area (Å²) in [4.78, 5) is 16.9. The molecule has 13 heteroatoms. The molecule has 3 aromatic rings. The van der Waals surface area contributed by atoms with Gasteiger partial charge in [-0.15, -0.1) is 12.4 Å². The molecule has 0 spiro atoms. The van der Waals surface area contributed by atoms with E-state index in [0.29, 0.717) is 28.5 Å². The lowest BCUT2D eigenvalue weighted by Gasteiger charge is -2.29. The monoisotopic (exact) mass is 524 g/mol. The van der Waals surface area contributed by atoms with Crippen molar-refractivity contribution in [2.45, 2.75) is 23.9 Å². The summed E-state index contributed by atoms with van der Waals surface area (Å²) in [6.07, 6.45) is 3.16. The lowest BCUT2D eigenvalue weighted by atomic mass is 10.1. The van der Waals surface area contributed by atoms with Crippen molar-refractivity contribution in [3.63, 3.8) is 0 Å². The number of aryl methyl sites for hydroxylation is 1. The number of ether oxygens (including phenoxy) is 3. The van der Waals surface area contributed by atoms with E-state index in [9.17, 15) is 18.4 Å². The van der Waals surface area contributed by atoms with Crippen molar-refractivity contribution >= 4 is 28.3 Å². The van der Waals surface area contributed by atoms with Gasteiger partial charge in [0.25, 0.3) is 5.91 Å². The minimum atomic E-state index is -4.21. The Morgan fingerprint density at radius 2 is 1.94 bits per heavy atom. The van der Waals surface area contributed by atoms with E-state index >= 15 is 0 Å². The summed E-state index contributed by atoms with van der Waals surface area (Å²) in [5.41, 5.74) is 2.65. The molecule has 0 saturated carbocycles. The van der Waals surface area contributed by atoms with Crippen LogP contribution in [0, 0.1) is 0 Å². The summed E-state index contributed by atoms with van der Waals surface area (Å²) in [6, 6.07) is 9.57. The van der Waals surface area contributed by atoms with E-state index < -0.39 is 22.0 Å². The molecular weight excluding hydrogens is 500 g/mol. The number of imidazole rings is 1. The van der Waals surface area contributed by atoms with Crippen LogP contribution in [0.1, 0.15) is 11.3 Å². The number of amides is 1. The topological polar surface area (TPSA) is 132 Å². The van der Waals surface area contributed by atoms with E-state index in [4.69, 9.17) is 14.2 Å². The van der Waals surface area contributed by atoms with Crippen LogP contribution in [0.2, 0.25) is 0 Å². The average Bonchev–Trinajstić information content (AvgIpc) is 3.48. The molecule has 0 fully saturated rings. The lowest BCUT2D eigenvalue weighted by Crippen LogP contribution is -2.49. The molecule has 0 bridgehead atoms. The van der Waals surface area contributed by atoms with Crippen molar-refractivity contribution in [3.05, 3.63) is 66.2 Å². The number of hydrogen-bond donors (Lipinski definition) is 2. The van der Waals surface area contributed by atoms with Crippen LogP contribution in [0.3, 0.4) is 0 Å². The highest BCUT2D eigenvalue weighted by molar-refractivity contribution is 7.89. The molecule has 1 amide bonds. The fourth-order valence-corrected chi connectivity index (χ4v) is 5.21. The normalized spacial score (nSPS) is 13.3. The highest BCUT2D eigenvalue weighted by Crippen LogP contribution is 2.34. The second-order valence-electron chi connectivity index (χ2n) is 7.64. The number of nitrogens with zero attached hydrogens (tertiary/aromatic N) is 3. The molecule has 188 valence electrons. The number of hydrogen-bond acceptors (Lipinski definition) is 8. The molecule has 4 rings (SSSR count). The van der Waals surface area contributed by atoms with E-state index in [0.717, 1.165) is 4.31 Å². The van der Waals surface area contributed by atoms with Crippen molar-refractivity contribution in [1.29, 1.82) is 0 Å². The van der Waals surface area contributed by atoms with E-state index in [1.165, 1.54) is 31.4 Å². The molecule has 2 N–H and O–H groups in total. The summed E-state index contributed by atoms with van der Waals surface area (Å²) in [5.74, 6) is 0.626. The summed E-state index contributed by atoms with van der Waals surface area (Å²) in [7, 11) is -0.971. The van der Waals surface area contributed by atoms with Crippen LogP contribution in [0.15, 0.2) is 59.9 Å². The van der Waals surface area contributed by atoms with Gasteiger partial charge in [0.05, 0.1) is 24.0 Å². The highest BCUT2D eigenvalue weighted by atomic mass is 35.5. The van der Waals surface area contributed by atoms with Gasteiger partial charge in [-0.2, -0.15) is 4.31 Å². The number of carbonyl (C=O) groups excluding carboxylic acids is 1. The van der Waals surface area contributed by atoms with Crippen LogP contribution in [0.25, 0.3) is 0 Å². The molecule has 1 atom stereocenters. The molecule has 0 aliphatic carbocycles. The van der Waals surface area contributed by atoms with Crippen LogP contribution >= 0.6 is 12.4 Å². The molecule has 1 aliphatic heterocycles. The van der Waals surface area contributed by atoms with Crippen LogP contribution in [-0.2, 0) is 34.8 Å². The van der Waals surface area contributed by atoms with Crippen LogP contribution in [-0.4, -0.2) is 53.3 Å². The Hall–Kier alpha value is -3.32. The summed E-state index contributed by atoms with van der Waals surface area (Å²) < 4.78 is 46.1. The molecule has 0 radical (unpaired) electrons. The number of sulfonamides is 1. The number of methoxy groups -OCH3 is 1. The third-order valence-corrected chi connectivity index (χ3v) is 7.23. The number of benzene rings is 2. The SMILES string of the molecule is COc1ccc(S(=O)(=O)N(Cc2ccc3c(c2)OCO3)C(Cc2cn(C)cn2)C(=O)NO)cc1.Cl. The van der Waals surface area contributed by atoms with E-state index in [1.807, 2.05) is 0 Å². The number of hydroxylamine groups is 1. The fourth-order valence-electron chi connectivity index (χ4n) is 3.64. The molecule has 1 unspecified atom stereocenters. The molecule has 11 nitrogen and oxygen atoms in total. The molecule has 2 aromatic carbocycles. The smallest absolute Gasteiger partial charge is 0.262 e. The zero-order valence-electron chi connectivity index (χ0n) is 18.9. The average molecular weight is 525 g/mol. The second-order valence-corrected chi connectivity index (χ2v) is 9.53. The minimum Gasteiger partial charge on any atom is -0.497 e. The zero-order chi connectivity index (χ0) is 24.3. The van der Waals surface area contributed by atoms with Gasteiger partial charge in [-0.05, 0) is 42.0 Å². The van der Waals surface area contributed by atoms with Crippen molar-refractivity contribution < 1.29 is 32.6 Å². The van der Waals surface area contributed by atoms with Crippen LogP contribution in [0.5, 0.6) is 17.2 Å². The Kier molecular flexibility index (Phi) is 8.22. The third-order valence-electron chi connectivity index (χ3n) is 5.36. The number of halogens is 1. The van der Waals surface area contributed by atoms with Gasteiger partial charge in [0.2, 0.25) is 16.8 Å². The largest absolute Gasteiger partial charge is 0.497 e. The first kappa shape index (κ1) is 26.3. The van der Waals surface area contributed by atoms with Gasteiger partial charge < -0.3 is 18.8 Å². The predicted molar refractivity (Wildman–Crippen MR) is 126 cm³/mol. The lowest BCUT2D eigenvalue weighted by molar-refractivity contribution is -0.133.